The third-order valence-corrected chi connectivity index (χ3v) is 5.35. The summed E-state index contributed by atoms with van der Waals surface area (Å²) < 4.78 is 5.53. The Labute approximate surface area is 111 Å². The lowest BCUT2D eigenvalue weighted by Gasteiger charge is -2.46. The maximum absolute atomic E-state index is 10.7. The van der Waals surface area contributed by atoms with Crippen LogP contribution in [0, 0.1) is 17.3 Å². The van der Waals surface area contributed by atoms with E-state index in [9.17, 15) is 5.11 Å². The van der Waals surface area contributed by atoms with Crippen LogP contribution in [0.3, 0.4) is 0 Å². The molecular weight excluding hydrogens is 226 g/mol. The van der Waals surface area contributed by atoms with Gasteiger partial charge in [0.1, 0.15) is 0 Å². The average Bonchev–Trinajstić information content (AvgIpc) is 2.47. The van der Waals surface area contributed by atoms with Crippen molar-refractivity contribution in [3.8, 4) is 0 Å². The molecule has 0 aromatic heterocycles. The van der Waals surface area contributed by atoms with Gasteiger partial charge in [-0.05, 0) is 44.4 Å². The molecule has 2 fully saturated rings. The summed E-state index contributed by atoms with van der Waals surface area (Å²) in [6, 6.07) is 0. The van der Waals surface area contributed by atoms with Gasteiger partial charge >= 0.3 is 0 Å². The molecule has 0 spiro atoms. The Bertz CT molecular complexity index is 243. The quantitative estimate of drug-likeness (QED) is 0.810. The largest absolute Gasteiger partial charge is 0.392 e. The summed E-state index contributed by atoms with van der Waals surface area (Å²) in [6.45, 7) is 4.48. The molecule has 2 unspecified atom stereocenters. The summed E-state index contributed by atoms with van der Waals surface area (Å²) in [5.41, 5.74) is 6.00. The predicted molar refractivity (Wildman–Crippen MR) is 73.3 cm³/mol. The highest BCUT2D eigenvalue weighted by atomic mass is 16.5. The normalized spacial score (nSPS) is 39.5. The van der Waals surface area contributed by atoms with E-state index in [1.54, 1.807) is 0 Å². The minimum atomic E-state index is -0.263. The lowest BCUT2D eigenvalue weighted by atomic mass is 9.63. The molecule has 0 radical (unpaired) electrons. The second kappa shape index (κ2) is 6.36. The number of nitrogens with two attached hydrogens (primary N) is 1. The molecule has 106 valence electrons. The highest BCUT2D eigenvalue weighted by molar-refractivity contribution is 4.95. The first-order chi connectivity index (χ1) is 8.72. The number of aliphatic hydroxyl groups is 1. The molecule has 0 amide bonds. The molecule has 0 aromatic carbocycles. The predicted octanol–water partition coefficient (Wildman–Crippen LogP) is 2.32. The minimum Gasteiger partial charge on any atom is -0.392 e. The number of hydrogen-bond acceptors (Lipinski definition) is 3. The van der Waals surface area contributed by atoms with Gasteiger partial charge in [-0.25, -0.2) is 0 Å². The molecule has 2 atom stereocenters. The summed E-state index contributed by atoms with van der Waals surface area (Å²) in [6.07, 6.45) is 7.85. The van der Waals surface area contributed by atoms with Gasteiger partial charge in [-0.15, -0.1) is 0 Å². The van der Waals surface area contributed by atoms with Crippen LogP contribution >= 0.6 is 0 Å². The van der Waals surface area contributed by atoms with Crippen molar-refractivity contribution < 1.29 is 9.84 Å². The van der Waals surface area contributed by atoms with E-state index in [0.717, 1.165) is 44.8 Å². The topological polar surface area (TPSA) is 55.5 Å². The monoisotopic (exact) mass is 255 g/mol. The van der Waals surface area contributed by atoms with Crippen LogP contribution in [0.5, 0.6) is 0 Å². The Morgan fingerprint density at radius 2 is 2.06 bits per heavy atom. The molecular formula is C15H29NO2. The fourth-order valence-electron chi connectivity index (χ4n) is 3.80. The van der Waals surface area contributed by atoms with Crippen molar-refractivity contribution in [2.24, 2.45) is 23.0 Å². The summed E-state index contributed by atoms with van der Waals surface area (Å²) in [5, 5.41) is 10.7. The first kappa shape index (κ1) is 14.3. The Balaban J connectivity index is 1.98. The molecule has 0 aromatic rings. The van der Waals surface area contributed by atoms with E-state index < -0.39 is 0 Å². The van der Waals surface area contributed by atoms with Gasteiger partial charge in [0.2, 0.25) is 0 Å². The van der Waals surface area contributed by atoms with E-state index in [4.69, 9.17) is 10.5 Å². The third kappa shape index (κ3) is 2.89. The zero-order valence-corrected chi connectivity index (χ0v) is 11.7. The van der Waals surface area contributed by atoms with Gasteiger partial charge in [0.25, 0.3) is 0 Å². The molecule has 1 aliphatic heterocycles. The van der Waals surface area contributed by atoms with Crippen LogP contribution < -0.4 is 5.73 Å². The molecule has 1 aliphatic carbocycles. The van der Waals surface area contributed by atoms with E-state index in [1.165, 1.54) is 19.3 Å². The third-order valence-electron chi connectivity index (χ3n) is 5.35. The molecule has 3 nitrogen and oxygen atoms in total. The van der Waals surface area contributed by atoms with E-state index >= 15 is 0 Å². The van der Waals surface area contributed by atoms with Crippen molar-refractivity contribution in [1.29, 1.82) is 0 Å². The highest BCUT2D eigenvalue weighted by Gasteiger charge is 2.43. The van der Waals surface area contributed by atoms with Crippen molar-refractivity contribution in [2.45, 2.75) is 58.0 Å². The Morgan fingerprint density at radius 1 is 1.33 bits per heavy atom. The average molecular weight is 255 g/mol. The molecule has 1 heterocycles. The zero-order chi connectivity index (χ0) is 13.0. The fraction of sp³-hybridized carbons (Fsp3) is 1.00. The summed E-state index contributed by atoms with van der Waals surface area (Å²) in [4.78, 5) is 0. The first-order valence-electron chi connectivity index (χ1n) is 7.67. The van der Waals surface area contributed by atoms with Crippen molar-refractivity contribution in [2.75, 3.05) is 19.8 Å². The molecule has 0 bridgehead atoms. The van der Waals surface area contributed by atoms with Crippen LogP contribution in [-0.4, -0.2) is 31.0 Å². The van der Waals surface area contributed by atoms with Crippen LogP contribution in [0.4, 0.5) is 0 Å². The van der Waals surface area contributed by atoms with E-state index in [0.29, 0.717) is 12.5 Å². The van der Waals surface area contributed by atoms with Gasteiger partial charge in [0.05, 0.1) is 12.7 Å². The SMILES string of the molecule is CCC1CCC(CN)(C(O)C2CCCOC2)CC1. The zero-order valence-electron chi connectivity index (χ0n) is 11.7. The van der Waals surface area contributed by atoms with Gasteiger partial charge in [-0.3, -0.25) is 0 Å². The second-order valence-corrected chi connectivity index (χ2v) is 6.34. The van der Waals surface area contributed by atoms with Crippen molar-refractivity contribution in [1.82, 2.24) is 0 Å². The summed E-state index contributed by atoms with van der Waals surface area (Å²) in [7, 11) is 0. The summed E-state index contributed by atoms with van der Waals surface area (Å²) >= 11 is 0. The Morgan fingerprint density at radius 3 is 2.56 bits per heavy atom. The van der Waals surface area contributed by atoms with Gasteiger partial charge < -0.3 is 15.6 Å². The van der Waals surface area contributed by atoms with E-state index in [1.807, 2.05) is 0 Å². The van der Waals surface area contributed by atoms with Crippen LogP contribution in [0.15, 0.2) is 0 Å². The lowest BCUT2D eigenvalue weighted by Crippen LogP contribution is -2.49. The Hall–Kier alpha value is -0.120. The van der Waals surface area contributed by atoms with E-state index in [-0.39, 0.29) is 11.5 Å². The van der Waals surface area contributed by atoms with Gasteiger partial charge in [-0.2, -0.15) is 0 Å². The molecule has 2 rings (SSSR count). The van der Waals surface area contributed by atoms with Crippen LogP contribution in [0.1, 0.15) is 51.9 Å². The lowest BCUT2D eigenvalue weighted by molar-refractivity contribution is -0.0851. The highest BCUT2D eigenvalue weighted by Crippen LogP contribution is 2.44. The van der Waals surface area contributed by atoms with Crippen LogP contribution in [0.2, 0.25) is 0 Å². The second-order valence-electron chi connectivity index (χ2n) is 6.34. The van der Waals surface area contributed by atoms with Crippen LogP contribution in [-0.2, 0) is 4.74 Å². The standard InChI is InChI=1S/C15H29NO2/c1-2-12-5-7-15(11-16,8-6-12)14(17)13-4-3-9-18-10-13/h12-14,17H,2-11,16H2,1H3. The molecule has 1 saturated heterocycles. The smallest absolute Gasteiger partial charge is 0.0658 e. The molecule has 2 aliphatic rings. The van der Waals surface area contributed by atoms with Crippen molar-refractivity contribution >= 4 is 0 Å². The number of rotatable bonds is 4. The first-order valence-corrected chi connectivity index (χ1v) is 7.67. The van der Waals surface area contributed by atoms with Crippen molar-refractivity contribution in [3.05, 3.63) is 0 Å². The number of ether oxygens (including phenoxy) is 1. The maximum Gasteiger partial charge on any atom is 0.0658 e. The van der Waals surface area contributed by atoms with Gasteiger partial charge in [0.15, 0.2) is 0 Å². The van der Waals surface area contributed by atoms with Gasteiger partial charge in [-0.1, -0.05) is 13.3 Å². The van der Waals surface area contributed by atoms with Crippen molar-refractivity contribution in [3.63, 3.8) is 0 Å². The van der Waals surface area contributed by atoms with Gasteiger partial charge in [0, 0.05) is 24.5 Å². The molecule has 1 saturated carbocycles. The number of hydrogen-bond donors (Lipinski definition) is 2. The molecule has 18 heavy (non-hydrogen) atoms. The molecule has 3 heteroatoms. The van der Waals surface area contributed by atoms with E-state index in [2.05, 4.69) is 6.92 Å². The maximum atomic E-state index is 10.7. The number of aliphatic hydroxyl groups excluding tert-OH is 1. The molecule has 3 N–H and O–H groups in total. The fourth-order valence-corrected chi connectivity index (χ4v) is 3.80. The minimum absolute atomic E-state index is 0.0307. The van der Waals surface area contributed by atoms with Crippen LogP contribution in [0.25, 0.3) is 0 Å². The Kier molecular flexibility index (Phi) is 5.05. The summed E-state index contributed by atoms with van der Waals surface area (Å²) in [5.74, 6) is 1.15.